The summed E-state index contributed by atoms with van der Waals surface area (Å²) in [5.41, 5.74) is 4.31. The fourth-order valence-electron chi connectivity index (χ4n) is 4.60. The number of nitrogens with zero attached hydrogens (tertiary/aromatic N) is 2. The Hall–Kier alpha value is -3.35. The summed E-state index contributed by atoms with van der Waals surface area (Å²) in [5, 5.41) is 10.8. The molecule has 0 saturated carbocycles. The SMILES string of the molecule is O=Cc1cc(C(=O)N2CCc3c([nH]c4cc(N5CCCC5)ccc34)C2)cc(F)c1O. The summed E-state index contributed by atoms with van der Waals surface area (Å²) in [5.74, 6) is -2.06. The molecule has 0 aliphatic carbocycles. The molecular formula is C23H22FN3O3. The number of nitrogens with one attached hydrogen (secondary N) is 1. The molecule has 0 atom stereocenters. The first-order valence-electron chi connectivity index (χ1n) is 10.2. The van der Waals surface area contributed by atoms with Gasteiger partial charge in [-0.15, -0.1) is 0 Å². The number of benzene rings is 2. The molecule has 0 spiro atoms. The molecule has 2 aliphatic rings. The molecule has 3 aromatic rings. The predicted octanol–water partition coefficient (Wildman–Crippen LogP) is 3.62. The Morgan fingerprint density at radius 3 is 2.70 bits per heavy atom. The molecule has 154 valence electrons. The number of carbonyl (C=O) groups excluding carboxylic acids is 2. The third-order valence-corrected chi connectivity index (χ3v) is 6.18. The number of aromatic nitrogens is 1. The molecule has 1 aromatic heterocycles. The van der Waals surface area contributed by atoms with Gasteiger partial charge in [-0.1, -0.05) is 6.07 Å². The van der Waals surface area contributed by atoms with Crippen LogP contribution in [0, 0.1) is 5.82 Å². The lowest BCUT2D eigenvalue weighted by Gasteiger charge is -2.27. The molecule has 6 nitrogen and oxygen atoms in total. The van der Waals surface area contributed by atoms with Crippen molar-refractivity contribution in [3.8, 4) is 5.75 Å². The standard InChI is InChI=1S/C23H22FN3O3/c24-19-10-14(9-15(13-28)22(19)29)23(30)27-8-5-18-17-4-3-16(26-6-1-2-7-26)11-20(17)25-21(18)12-27/h3-4,9-11,13,25,29H,1-2,5-8,12H2. The van der Waals surface area contributed by atoms with E-state index in [2.05, 4.69) is 28.1 Å². The van der Waals surface area contributed by atoms with E-state index in [0.29, 0.717) is 25.8 Å². The van der Waals surface area contributed by atoms with Crippen LogP contribution in [0.25, 0.3) is 10.9 Å². The van der Waals surface area contributed by atoms with Crippen LogP contribution in [0.3, 0.4) is 0 Å². The lowest BCUT2D eigenvalue weighted by Crippen LogP contribution is -2.36. The van der Waals surface area contributed by atoms with E-state index in [-0.39, 0.29) is 17.0 Å². The molecule has 2 N–H and O–H groups in total. The minimum atomic E-state index is -0.972. The minimum absolute atomic E-state index is 0.0586. The van der Waals surface area contributed by atoms with Gasteiger partial charge in [0.1, 0.15) is 0 Å². The van der Waals surface area contributed by atoms with Gasteiger partial charge in [0.25, 0.3) is 5.91 Å². The van der Waals surface area contributed by atoms with Crippen molar-refractivity contribution in [3.63, 3.8) is 0 Å². The van der Waals surface area contributed by atoms with Crippen molar-refractivity contribution in [2.24, 2.45) is 0 Å². The van der Waals surface area contributed by atoms with Gasteiger partial charge in [-0.05, 0) is 49.1 Å². The van der Waals surface area contributed by atoms with Gasteiger partial charge in [0.05, 0.1) is 12.1 Å². The van der Waals surface area contributed by atoms with E-state index < -0.39 is 11.6 Å². The zero-order chi connectivity index (χ0) is 20.8. The van der Waals surface area contributed by atoms with Gasteiger partial charge >= 0.3 is 0 Å². The number of aromatic amines is 1. The van der Waals surface area contributed by atoms with Gasteiger partial charge in [0, 0.05) is 47.5 Å². The second kappa shape index (κ2) is 7.16. The van der Waals surface area contributed by atoms with Crippen LogP contribution in [-0.2, 0) is 13.0 Å². The number of halogens is 1. The number of rotatable bonds is 3. The molecule has 1 amide bonds. The van der Waals surface area contributed by atoms with Gasteiger partial charge < -0.3 is 19.9 Å². The number of aldehydes is 1. The maximum Gasteiger partial charge on any atom is 0.254 e. The number of aromatic hydroxyl groups is 1. The fourth-order valence-corrected chi connectivity index (χ4v) is 4.60. The normalized spacial score (nSPS) is 16.2. The lowest BCUT2D eigenvalue weighted by atomic mass is 10.0. The summed E-state index contributed by atoms with van der Waals surface area (Å²) < 4.78 is 13.9. The number of anilines is 1. The minimum Gasteiger partial charge on any atom is -0.504 e. The van der Waals surface area contributed by atoms with Crippen molar-refractivity contribution >= 4 is 28.8 Å². The van der Waals surface area contributed by atoms with E-state index in [0.717, 1.165) is 30.4 Å². The number of hydrogen-bond donors (Lipinski definition) is 2. The summed E-state index contributed by atoms with van der Waals surface area (Å²) in [6.45, 7) is 3.06. The first-order valence-corrected chi connectivity index (χ1v) is 10.2. The van der Waals surface area contributed by atoms with Crippen LogP contribution in [0.4, 0.5) is 10.1 Å². The second-order valence-electron chi connectivity index (χ2n) is 8.00. The summed E-state index contributed by atoms with van der Waals surface area (Å²) in [6, 6.07) is 8.71. The molecule has 0 bridgehead atoms. The van der Waals surface area contributed by atoms with Crippen molar-refractivity contribution in [2.45, 2.75) is 25.8 Å². The molecule has 7 heteroatoms. The summed E-state index contributed by atoms with van der Waals surface area (Å²) in [4.78, 5) is 31.5. The molecule has 1 saturated heterocycles. The zero-order valence-electron chi connectivity index (χ0n) is 16.4. The Morgan fingerprint density at radius 2 is 1.93 bits per heavy atom. The Bertz CT molecular complexity index is 1160. The van der Waals surface area contributed by atoms with Gasteiger partial charge in [-0.3, -0.25) is 9.59 Å². The van der Waals surface area contributed by atoms with Crippen LogP contribution < -0.4 is 4.90 Å². The third-order valence-electron chi connectivity index (χ3n) is 6.18. The zero-order valence-corrected chi connectivity index (χ0v) is 16.4. The van der Waals surface area contributed by atoms with E-state index in [4.69, 9.17) is 0 Å². The van der Waals surface area contributed by atoms with Crippen molar-refractivity contribution in [2.75, 3.05) is 24.5 Å². The molecule has 5 rings (SSSR count). The number of H-pyrrole nitrogens is 1. The fraction of sp³-hybridized carbons (Fsp3) is 0.304. The predicted molar refractivity (Wildman–Crippen MR) is 112 cm³/mol. The largest absolute Gasteiger partial charge is 0.504 e. The highest BCUT2D eigenvalue weighted by Gasteiger charge is 2.26. The second-order valence-corrected chi connectivity index (χ2v) is 8.00. The average molecular weight is 407 g/mol. The van der Waals surface area contributed by atoms with Crippen LogP contribution in [0.1, 0.15) is 44.8 Å². The van der Waals surface area contributed by atoms with E-state index in [1.165, 1.54) is 35.5 Å². The Balaban J connectivity index is 1.43. The Morgan fingerprint density at radius 1 is 1.13 bits per heavy atom. The van der Waals surface area contributed by atoms with E-state index in [1.807, 2.05) is 0 Å². The van der Waals surface area contributed by atoms with E-state index in [1.54, 1.807) is 4.90 Å². The molecule has 1 fully saturated rings. The lowest BCUT2D eigenvalue weighted by molar-refractivity contribution is 0.0732. The summed E-state index contributed by atoms with van der Waals surface area (Å²) in [6.07, 6.45) is 3.49. The van der Waals surface area contributed by atoms with Gasteiger partial charge in [-0.25, -0.2) is 4.39 Å². The smallest absolute Gasteiger partial charge is 0.254 e. The van der Waals surface area contributed by atoms with E-state index in [9.17, 15) is 19.1 Å². The third kappa shape index (κ3) is 3.01. The van der Waals surface area contributed by atoms with Crippen LogP contribution in [0.15, 0.2) is 30.3 Å². The van der Waals surface area contributed by atoms with Gasteiger partial charge in [-0.2, -0.15) is 0 Å². The van der Waals surface area contributed by atoms with Crippen molar-refractivity contribution < 1.29 is 19.1 Å². The van der Waals surface area contributed by atoms with E-state index >= 15 is 0 Å². The Kier molecular flexibility index (Phi) is 4.46. The average Bonchev–Trinajstić information content (AvgIpc) is 3.41. The Labute approximate surface area is 172 Å². The molecule has 0 unspecified atom stereocenters. The van der Waals surface area contributed by atoms with Crippen LogP contribution in [0.5, 0.6) is 5.75 Å². The molecule has 2 aromatic carbocycles. The molecular weight excluding hydrogens is 385 g/mol. The van der Waals surface area contributed by atoms with Gasteiger partial charge in [0.2, 0.25) is 0 Å². The van der Waals surface area contributed by atoms with Crippen molar-refractivity contribution in [3.05, 3.63) is 58.5 Å². The molecule has 0 radical (unpaired) electrons. The number of fused-ring (bicyclic) bond motifs is 3. The first-order chi connectivity index (χ1) is 14.5. The number of amides is 1. The summed E-state index contributed by atoms with van der Waals surface area (Å²) in [7, 11) is 0. The topological polar surface area (TPSA) is 76.6 Å². The maximum atomic E-state index is 13.9. The van der Waals surface area contributed by atoms with Crippen LogP contribution >= 0.6 is 0 Å². The summed E-state index contributed by atoms with van der Waals surface area (Å²) >= 11 is 0. The van der Waals surface area contributed by atoms with Crippen molar-refractivity contribution in [1.29, 1.82) is 0 Å². The van der Waals surface area contributed by atoms with Crippen LogP contribution in [-0.4, -0.2) is 46.8 Å². The highest BCUT2D eigenvalue weighted by atomic mass is 19.1. The molecule has 2 aliphatic heterocycles. The quantitative estimate of drug-likeness (QED) is 0.650. The maximum absolute atomic E-state index is 13.9. The first kappa shape index (κ1) is 18.7. The number of carbonyl (C=O) groups is 2. The number of hydrogen-bond acceptors (Lipinski definition) is 4. The number of phenols is 1. The highest BCUT2D eigenvalue weighted by molar-refractivity contribution is 5.97. The molecule has 3 heterocycles. The van der Waals surface area contributed by atoms with Crippen molar-refractivity contribution in [1.82, 2.24) is 9.88 Å². The molecule has 30 heavy (non-hydrogen) atoms. The monoisotopic (exact) mass is 407 g/mol. The van der Waals surface area contributed by atoms with Gasteiger partial charge in [0.15, 0.2) is 17.9 Å². The number of phenolic OH excluding ortho intramolecular Hbond substituents is 1. The van der Waals surface area contributed by atoms with Crippen LogP contribution in [0.2, 0.25) is 0 Å². The highest BCUT2D eigenvalue weighted by Crippen LogP contribution is 2.32.